The Labute approximate surface area is 236 Å². The summed E-state index contributed by atoms with van der Waals surface area (Å²) in [4.78, 5) is 31.6. The molecule has 0 saturated carbocycles. The number of amidine groups is 1. The first-order chi connectivity index (χ1) is 18.0. The summed E-state index contributed by atoms with van der Waals surface area (Å²) in [6, 6.07) is 5.42. The van der Waals surface area contributed by atoms with Gasteiger partial charge in [-0.15, -0.1) is 0 Å². The van der Waals surface area contributed by atoms with Gasteiger partial charge in [-0.25, -0.2) is 4.79 Å². The third-order valence-electron chi connectivity index (χ3n) is 7.23. The van der Waals surface area contributed by atoms with Gasteiger partial charge in [0.15, 0.2) is 0 Å². The molecule has 0 aliphatic carbocycles. The van der Waals surface area contributed by atoms with Crippen molar-refractivity contribution in [2.24, 2.45) is 16.9 Å². The largest absolute Gasteiger partial charge is 0.444 e. The Kier molecular flexibility index (Phi) is 9.44. The summed E-state index contributed by atoms with van der Waals surface area (Å²) in [7, 11) is 0. The van der Waals surface area contributed by atoms with E-state index in [0.29, 0.717) is 48.0 Å². The molecule has 1 aromatic carbocycles. The number of rotatable bonds is 5. The smallest absolute Gasteiger partial charge is 0.410 e. The number of benzene rings is 1. The van der Waals surface area contributed by atoms with Gasteiger partial charge in [-0.05, 0) is 70.8 Å². The molecule has 3 aliphatic rings. The van der Waals surface area contributed by atoms with Crippen molar-refractivity contribution < 1.29 is 14.3 Å². The maximum Gasteiger partial charge on any atom is 0.410 e. The van der Waals surface area contributed by atoms with Gasteiger partial charge in [-0.2, -0.15) is 5.10 Å². The van der Waals surface area contributed by atoms with E-state index in [1.54, 1.807) is 12.1 Å². The van der Waals surface area contributed by atoms with Crippen LogP contribution in [0, 0.1) is 11.8 Å². The molecule has 9 nitrogen and oxygen atoms in total. The third kappa shape index (κ3) is 7.97. The van der Waals surface area contributed by atoms with Crippen molar-refractivity contribution in [1.29, 1.82) is 0 Å². The molecule has 0 spiro atoms. The van der Waals surface area contributed by atoms with Gasteiger partial charge in [0.1, 0.15) is 11.4 Å². The van der Waals surface area contributed by atoms with Gasteiger partial charge >= 0.3 is 6.09 Å². The summed E-state index contributed by atoms with van der Waals surface area (Å²) in [5.41, 5.74) is 0.387. The zero-order valence-corrected chi connectivity index (χ0v) is 24.4. The number of nitrogens with one attached hydrogen (secondary N) is 1. The van der Waals surface area contributed by atoms with Crippen LogP contribution in [-0.4, -0.2) is 97.0 Å². The number of anilines is 1. The number of likely N-dealkylation sites (tertiary alicyclic amines) is 1. The van der Waals surface area contributed by atoms with E-state index in [-0.39, 0.29) is 17.9 Å². The first-order valence-corrected chi connectivity index (χ1v) is 14.3. The SMILES string of the molecule is CC1CN(c2ccc(Cl)c(Cl)c2)N=C1NC(=O)CN1CCC(CN2CCN(C(=O)OC(C)(C)C)CC2)CC1. The van der Waals surface area contributed by atoms with E-state index in [1.807, 2.05) is 36.7 Å². The average molecular weight is 568 g/mol. The summed E-state index contributed by atoms with van der Waals surface area (Å²) in [5, 5.41) is 10.5. The molecule has 0 radical (unpaired) electrons. The Morgan fingerprint density at radius 3 is 2.34 bits per heavy atom. The van der Waals surface area contributed by atoms with Crippen LogP contribution in [-0.2, 0) is 9.53 Å². The van der Waals surface area contributed by atoms with Crippen molar-refractivity contribution in [3.05, 3.63) is 28.2 Å². The molecule has 38 heavy (non-hydrogen) atoms. The number of carbonyl (C=O) groups is 2. The summed E-state index contributed by atoms with van der Waals surface area (Å²) in [6.45, 7) is 14.8. The van der Waals surface area contributed by atoms with Gasteiger partial charge in [0.05, 0.1) is 28.8 Å². The third-order valence-corrected chi connectivity index (χ3v) is 7.96. The Bertz CT molecular complexity index is 1030. The molecule has 1 unspecified atom stereocenters. The van der Waals surface area contributed by atoms with Crippen LogP contribution in [0.3, 0.4) is 0 Å². The van der Waals surface area contributed by atoms with Crippen LogP contribution in [0.1, 0.15) is 40.5 Å². The van der Waals surface area contributed by atoms with Crippen LogP contribution in [0.4, 0.5) is 10.5 Å². The van der Waals surface area contributed by atoms with Crippen molar-refractivity contribution in [2.75, 3.05) is 63.9 Å². The molecule has 2 saturated heterocycles. The molecule has 0 aromatic heterocycles. The zero-order chi connectivity index (χ0) is 27.4. The van der Waals surface area contributed by atoms with E-state index in [1.165, 1.54) is 0 Å². The first-order valence-electron chi connectivity index (χ1n) is 13.5. The zero-order valence-electron chi connectivity index (χ0n) is 22.9. The lowest BCUT2D eigenvalue weighted by Crippen LogP contribution is -2.51. The molecule has 4 rings (SSSR count). The van der Waals surface area contributed by atoms with Crippen molar-refractivity contribution in [2.45, 2.75) is 46.1 Å². The average Bonchev–Trinajstić information content (AvgIpc) is 3.21. The van der Waals surface area contributed by atoms with E-state index < -0.39 is 5.60 Å². The number of hydrogen-bond acceptors (Lipinski definition) is 7. The normalized spacial score (nSPS) is 21.9. The number of carbonyl (C=O) groups excluding carboxylic acids is 2. The molecule has 11 heteroatoms. The fourth-order valence-electron chi connectivity index (χ4n) is 5.09. The lowest BCUT2D eigenvalue weighted by atomic mass is 9.96. The fourth-order valence-corrected chi connectivity index (χ4v) is 5.38. The van der Waals surface area contributed by atoms with Crippen molar-refractivity contribution in [3.63, 3.8) is 0 Å². The molecule has 1 atom stereocenters. The maximum absolute atomic E-state index is 12.8. The van der Waals surface area contributed by atoms with E-state index in [2.05, 4.69) is 27.1 Å². The summed E-state index contributed by atoms with van der Waals surface area (Å²) in [6.07, 6.45) is 1.92. The van der Waals surface area contributed by atoms with Gasteiger partial charge < -0.3 is 15.0 Å². The molecular weight excluding hydrogens is 527 g/mol. The summed E-state index contributed by atoms with van der Waals surface area (Å²) >= 11 is 12.2. The highest BCUT2D eigenvalue weighted by atomic mass is 35.5. The summed E-state index contributed by atoms with van der Waals surface area (Å²) < 4.78 is 5.50. The van der Waals surface area contributed by atoms with Crippen LogP contribution in [0.5, 0.6) is 0 Å². The number of halogens is 2. The van der Waals surface area contributed by atoms with E-state index in [0.717, 1.165) is 51.3 Å². The second-order valence-electron chi connectivity index (χ2n) is 11.6. The first kappa shape index (κ1) is 28.9. The standard InChI is InChI=1S/C27H40Cl2N6O3/c1-19-16-35(21-5-6-22(28)23(29)15-21)31-25(19)30-24(36)18-32-9-7-20(8-10-32)17-33-11-13-34(14-12-33)26(37)38-27(2,3)4/h5-6,15,19-20H,7-14,16-18H2,1-4H3,(H,30,31,36). The van der Waals surface area contributed by atoms with E-state index in [9.17, 15) is 9.59 Å². The summed E-state index contributed by atoms with van der Waals surface area (Å²) in [5.74, 6) is 1.38. The Morgan fingerprint density at radius 2 is 1.71 bits per heavy atom. The van der Waals surface area contributed by atoms with Crippen molar-refractivity contribution in [1.82, 2.24) is 20.0 Å². The minimum absolute atomic E-state index is 0.0247. The number of amides is 2. The van der Waals surface area contributed by atoms with Gasteiger partial charge in [0.25, 0.3) is 0 Å². The van der Waals surface area contributed by atoms with Gasteiger partial charge in [-0.3, -0.25) is 19.6 Å². The quantitative estimate of drug-likeness (QED) is 0.576. The molecule has 1 N–H and O–H groups in total. The molecule has 3 aliphatic heterocycles. The molecule has 3 heterocycles. The van der Waals surface area contributed by atoms with Crippen LogP contribution in [0.15, 0.2) is 23.3 Å². The predicted molar refractivity (Wildman–Crippen MR) is 152 cm³/mol. The number of hydrazone groups is 1. The van der Waals surface area contributed by atoms with Crippen LogP contribution in [0.25, 0.3) is 0 Å². The van der Waals surface area contributed by atoms with Crippen LogP contribution >= 0.6 is 23.2 Å². The highest BCUT2D eigenvalue weighted by Gasteiger charge is 2.29. The lowest BCUT2D eigenvalue weighted by Gasteiger charge is -2.39. The van der Waals surface area contributed by atoms with Crippen LogP contribution in [0.2, 0.25) is 10.0 Å². The van der Waals surface area contributed by atoms with Crippen molar-refractivity contribution in [3.8, 4) is 0 Å². The number of ether oxygens (including phenoxy) is 1. The topological polar surface area (TPSA) is 80.7 Å². The molecule has 210 valence electrons. The number of piperazine rings is 1. The molecule has 2 fully saturated rings. The van der Waals surface area contributed by atoms with E-state index in [4.69, 9.17) is 27.9 Å². The molecule has 0 bridgehead atoms. The minimum Gasteiger partial charge on any atom is -0.444 e. The molecule has 2 amide bonds. The van der Waals surface area contributed by atoms with Gasteiger partial charge in [0, 0.05) is 38.6 Å². The minimum atomic E-state index is -0.464. The highest BCUT2D eigenvalue weighted by Crippen LogP contribution is 2.29. The Hall–Kier alpha value is -2.07. The lowest BCUT2D eigenvalue weighted by molar-refractivity contribution is -0.121. The Balaban J connectivity index is 1.16. The Morgan fingerprint density at radius 1 is 1.03 bits per heavy atom. The monoisotopic (exact) mass is 566 g/mol. The number of nitrogens with zero attached hydrogens (tertiary/aromatic N) is 5. The van der Waals surface area contributed by atoms with Gasteiger partial charge in [-0.1, -0.05) is 30.1 Å². The second kappa shape index (κ2) is 12.4. The number of piperidine rings is 1. The maximum atomic E-state index is 12.8. The molecular formula is C27H40Cl2N6O3. The molecule has 1 aromatic rings. The van der Waals surface area contributed by atoms with Crippen molar-refractivity contribution >= 4 is 46.7 Å². The second-order valence-corrected chi connectivity index (χ2v) is 12.4. The highest BCUT2D eigenvalue weighted by molar-refractivity contribution is 6.42. The van der Waals surface area contributed by atoms with Crippen LogP contribution < -0.4 is 10.3 Å². The number of hydrogen-bond donors (Lipinski definition) is 1. The van der Waals surface area contributed by atoms with E-state index >= 15 is 0 Å². The fraction of sp³-hybridized carbons (Fsp3) is 0.667. The van der Waals surface area contributed by atoms with Gasteiger partial charge in [0.2, 0.25) is 5.91 Å². The predicted octanol–water partition coefficient (Wildman–Crippen LogP) is 4.14.